The molecule has 2 saturated carbocycles. The Balaban J connectivity index is 1.40. The summed E-state index contributed by atoms with van der Waals surface area (Å²) in [6.07, 6.45) is 15.9. The topological polar surface area (TPSA) is 0 Å². The zero-order valence-electron chi connectivity index (χ0n) is 19.8. The summed E-state index contributed by atoms with van der Waals surface area (Å²) >= 11 is 0. The summed E-state index contributed by atoms with van der Waals surface area (Å²) in [4.78, 5) is 0. The highest BCUT2D eigenvalue weighted by molar-refractivity contribution is 5.24. The number of aryl methyl sites for hydroxylation is 1. The van der Waals surface area contributed by atoms with E-state index in [0.717, 1.165) is 36.2 Å². The number of unbranched alkanes of at least 4 members (excludes halogenated alkanes) is 1. The summed E-state index contributed by atoms with van der Waals surface area (Å²) in [5, 5.41) is 0. The minimum absolute atomic E-state index is 0.544. The summed E-state index contributed by atoms with van der Waals surface area (Å²) in [5.74, 6) is 2.69. The molecule has 0 aromatic heterocycles. The van der Waals surface area contributed by atoms with Crippen molar-refractivity contribution in [3.05, 3.63) is 35.4 Å². The largest absolute Gasteiger partial charge is 0.416 e. The van der Waals surface area contributed by atoms with Crippen LogP contribution in [0, 0.1) is 23.2 Å². The van der Waals surface area contributed by atoms with Crippen LogP contribution < -0.4 is 0 Å². The molecule has 0 spiro atoms. The van der Waals surface area contributed by atoms with Gasteiger partial charge in [-0.15, -0.1) is 0 Å². The summed E-state index contributed by atoms with van der Waals surface area (Å²) in [7, 11) is 0. The Morgan fingerprint density at radius 3 is 2.16 bits per heavy atom. The normalized spacial score (nSPS) is 25.3. The maximum absolute atomic E-state index is 12.7. The minimum atomic E-state index is -4.23. The van der Waals surface area contributed by atoms with Crippen molar-refractivity contribution in [1.82, 2.24) is 0 Å². The van der Waals surface area contributed by atoms with Gasteiger partial charge in [0.05, 0.1) is 5.56 Å². The van der Waals surface area contributed by atoms with E-state index in [4.69, 9.17) is 0 Å². The first-order valence-electron chi connectivity index (χ1n) is 13.0. The number of benzene rings is 1. The molecule has 0 heterocycles. The van der Waals surface area contributed by atoms with Gasteiger partial charge in [0.1, 0.15) is 0 Å². The van der Waals surface area contributed by atoms with Gasteiger partial charge in [0, 0.05) is 0 Å². The van der Waals surface area contributed by atoms with E-state index in [9.17, 15) is 13.2 Å². The Bertz CT molecular complexity index is 631. The van der Waals surface area contributed by atoms with E-state index in [1.54, 1.807) is 12.1 Å². The van der Waals surface area contributed by atoms with Gasteiger partial charge in [-0.1, -0.05) is 83.8 Å². The quantitative estimate of drug-likeness (QED) is 0.338. The third kappa shape index (κ3) is 6.51. The van der Waals surface area contributed by atoms with Crippen molar-refractivity contribution >= 4 is 0 Å². The molecule has 1 aromatic carbocycles. The van der Waals surface area contributed by atoms with Crippen molar-refractivity contribution in [3.63, 3.8) is 0 Å². The molecular formula is C28H43F3. The molecule has 2 aliphatic rings. The summed E-state index contributed by atoms with van der Waals surface area (Å²) in [5.41, 5.74) is 1.11. The van der Waals surface area contributed by atoms with E-state index >= 15 is 0 Å². The molecule has 0 saturated heterocycles. The molecule has 1 unspecified atom stereocenters. The van der Waals surface area contributed by atoms with E-state index in [2.05, 4.69) is 13.8 Å². The minimum Gasteiger partial charge on any atom is -0.166 e. The number of hydrogen-bond donors (Lipinski definition) is 0. The third-order valence-corrected chi connectivity index (χ3v) is 8.76. The third-order valence-electron chi connectivity index (χ3n) is 8.76. The van der Waals surface area contributed by atoms with Gasteiger partial charge in [0.2, 0.25) is 0 Å². The molecule has 0 radical (unpaired) electrons. The standard InChI is InChI=1S/C28H43F3/c1-3-9-22(2)27(20-7-4-8-21-27)25-16-12-23(13-17-25)10-5-6-11-24-14-18-26(19-15-24)28(29,30)31/h14-15,18-19,22-23,25H,3-13,16-17,20-21H2,1-2H3/t22?,23-,25-. The van der Waals surface area contributed by atoms with Crippen LogP contribution in [0.25, 0.3) is 0 Å². The summed E-state index contributed by atoms with van der Waals surface area (Å²) in [6.45, 7) is 4.89. The fourth-order valence-corrected chi connectivity index (χ4v) is 6.88. The highest BCUT2D eigenvalue weighted by Crippen LogP contribution is 2.54. The van der Waals surface area contributed by atoms with Crippen LogP contribution in [0.1, 0.15) is 115 Å². The van der Waals surface area contributed by atoms with Crippen LogP contribution in [0.5, 0.6) is 0 Å². The Hall–Kier alpha value is -0.990. The second-order valence-electron chi connectivity index (χ2n) is 10.6. The lowest BCUT2D eigenvalue weighted by Crippen LogP contribution is -2.40. The van der Waals surface area contributed by atoms with E-state index in [0.29, 0.717) is 5.41 Å². The van der Waals surface area contributed by atoms with Crippen LogP contribution in [-0.2, 0) is 12.6 Å². The van der Waals surface area contributed by atoms with Crippen molar-refractivity contribution in [2.45, 2.75) is 116 Å². The van der Waals surface area contributed by atoms with Crippen LogP contribution in [0.3, 0.4) is 0 Å². The van der Waals surface area contributed by atoms with Crippen molar-refractivity contribution in [2.75, 3.05) is 0 Å². The number of hydrogen-bond acceptors (Lipinski definition) is 0. The smallest absolute Gasteiger partial charge is 0.166 e. The number of alkyl halides is 3. The fourth-order valence-electron chi connectivity index (χ4n) is 6.88. The Kier molecular flexibility index (Phi) is 8.93. The van der Waals surface area contributed by atoms with Gasteiger partial charge in [-0.2, -0.15) is 13.2 Å². The van der Waals surface area contributed by atoms with Crippen molar-refractivity contribution in [1.29, 1.82) is 0 Å². The number of halogens is 3. The Morgan fingerprint density at radius 1 is 0.935 bits per heavy atom. The maximum Gasteiger partial charge on any atom is 0.416 e. The van der Waals surface area contributed by atoms with Crippen LogP contribution in [0.15, 0.2) is 24.3 Å². The second kappa shape index (κ2) is 11.2. The van der Waals surface area contributed by atoms with Gasteiger partial charge in [0.15, 0.2) is 0 Å². The summed E-state index contributed by atoms with van der Waals surface area (Å²) < 4.78 is 38.1. The molecule has 1 atom stereocenters. The molecule has 0 amide bonds. The molecule has 0 aliphatic heterocycles. The molecule has 3 rings (SSSR count). The lowest BCUT2D eigenvalue weighted by molar-refractivity contribution is -0.137. The molecular weight excluding hydrogens is 393 g/mol. The van der Waals surface area contributed by atoms with Gasteiger partial charge >= 0.3 is 6.18 Å². The molecule has 31 heavy (non-hydrogen) atoms. The average molecular weight is 437 g/mol. The van der Waals surface area contributed by atoms with Crippen LogP contribution >= 0.6 is 0 Å². The van der Waals surface area contributed by atoms with E-state index in [1.807, 2.05) is 0 Å². The zero-order valence-corrected chi connectivity index (χ0v) is 19.8. The lowest BCUT2D eigenvalue weighted by Gasteiger charge is -2.50. The maximum atomic E-state index is 12.7. The molecule has 0 nitrogen and oxygen atoms in total. The van der Waals surface area contributed by atoms with E-state index < -0.39 is 11.7 Å². The monoisotopic (exact) mass is 436 g/mol. The molecule has 176 valence electrons. The molecule has 2 fully saturated rings. The molecule has 1 aromatic rings. The Labute approximate surface area is 188 Å². The highest BCUT2D eigenvalue weighted by Gasteiger charge is 2.44. The summed E-state index contributed by atoms with van der Waals surface area (Å²) in [6, 6.07) is 5.73. The van der Waals surface area contributed by atoms with E-state index in [1.165, 1.54) is 95.6 Å². The molecule has 3 heteroatoms. The van der Waals surface area contributed by atoms with Crippen molar-refractivity contribution in [2.24, 2.45) is 23.2 Å². The van der Waals surface area contributed by atoms with Crippen LogP contribution in [-0.4, -0.2) is 0 Å². The van der Waals surface area contributed by atoms with E-state index in [-0.39, 0.29) is 0 Å². The molecule has 2 aliphatic carbocycles. The number of rotatable bonds is 9. The zero-order chi connectivity index (χ0) is 22.3. The first kappa shape index (κ1) is 24.6. The Morgan fingerprint density at radius 2 is 1.58 bits per heavy atom. The van der Waals surface area contributed by atoms with Crippen molar-refractivity contribution < 1.29 is 13.2 Å². The second-order valence-corrected chi connectivity index (χ2v) is 10.6. The van der Waals surface area contributed by atoms with Crippen molar-refractivity contribution in [3.8, 4) is 0 Å². The van der Waals surface area contributed by atoms with Gasteiger partial charge in [-0.05, 0) is 79.4 Å². The first-order valence-corrected chi connectivity index (χ1v) is 13.0. The van der Waals surface area contributed by atoms with Gasteiger partial charge in [-0.3, -0.25) is 0 Å². The predicted molar refractivity (Wildman–Crippen MR) is 124 cm³/mol. The SMILES string of the molecule is CCCC(C)C1([C@H]2CC[C@H](CCCCc3ccc(C(F)(F)F)cc3)CC2)CCCCC1. The van der Waals surface area contributed by atoms with Gasteiger partial charge in [0.25, 0.3) is 0 Å². The predicted octanol–water partition coefficient (Wildman–Crippen LogP) is 9.61. The first-order chi connectivity index (χ1) is 14.8. The average Bonchev–Trinajstić information content (AvgIpc) is 2.77. The highest BCUT2D eigenvalue weighted by atomic mass is 19.4. The van der Waals surface area contributed by atoms with Crippen LogP contribution in [0.2, 0.25) is 0 Å². The molecule has 0 bridgehead atoms. The lowest BCUT2D eigenvalue weighted by atomic mass is 9.55. The van der Waals surface area contributed by atoms with Crippen LogP contribution in [0.4, 0.5) is 13.2 Å². The molecule has 0 N–H and O–H groups in total. The van der Waals surface area contributed by atoms with Gasteiger partial charge in [-0.25, -0.2) is 0 Å². The van der Waals surface area contributed by atoms with Gasteiger partial charge < -0.3 is 0 Å². The fraction of sp³-hybridized carbons (Fsp3) is 0.786.